The van der Waals surface area contributed by atoms with Gasteiger partial charge in [-0.15, -0.1) is 0 Å². The van der Waals surface area contributed by atoms with Crippen molar-refractivity contribution in [2.24, 2.45) is 0 Å². The minimum absolute atomic E-state index is 0.0647. The van der Waals surface area contributed by atoms with Crippen LogP contribution in [0, 0.1) is 13.8 Å². The number of aromatic nitrogens is 2. The third-order valence-corrected chi connectivity index (χ3v) is 6.33. The second-order valence-corrected chi connectivity index (χ2v) is 8.19. The molecule has 2 unspecified atom stereocenters. The van der Waals surface area contributed by atoms with Gasteiger partial charge in [0.15, 0.2) is 0 Å². The summed E-state index contributed by atoms with van der Waals surface area (Å²) in [6.07, 6.45) is 5.24. The smallest absolute Gasteiger partial charge is 0.251 e. The lowest BCUT2D eigenvalue weighted by Crippen LogP contribution is -2.24. The minimum atomic E-state index is -0.0647. The lowest BCUT2D eigenvalue weighted by Gasteiger charge is -2.18. The molecule has 30 heavy (non-hydrogen) atoms. The highest BCUT2D eigenvalue weighted by Gasteiger charge is 2.39. The van der Waals surface area contributed by atoms with E-state index in [-0.39, 0.29) is 5.91 Å². The fourth-order valence-corrected chi connectivity index (χ4v) is 4.87. The van der Waals surface area contributed by atoms with Gasteiger partial charge in [-0.2, -0.15) is 0 Å². The summed E-state index contributed by atoms with van der Waals surface area (Å²) < 4.78 is 0. The van der Waals surface area contributed by atoms with E-state index in [9.17, 15) is 4.79 Å². The summed E-state index contributed by atoms with van der Waals surface area (Å²) in [5, 5.41) is 3.04. The van der Waals surface area contributed by atoms with Crippen LogP contribution in [0.3, 0.4) is 0 Å². The van der Waals surface area contributed by atoms with Crippen LogP contribution in [0.4, 0.5) is 5.82 Å². The maximum Gasteiger partial charge on any atom is 0.251 e. The van der Waals surface area contributed by atoms with Crippen LogP contribution in [-0.2, 0) is 6.54 Å². The van der Waals surface area contributed by atoms with Gasteiger partial charge in [0.2, 0.25) is 0 Å². The number of hydrogen-bond donors (Lipinski definition) is 2. The van der Waals surface area contributed by atoms with Crippen LogP contribution in [-0.4, -0.2) is 15.9 Å². The molecule has 5 heteroatoms. The molecule has 5 rings (SSSR count). The largest absolute Gasteiger partial charge is 0.384 e. The molecule has 3 aromatic rings. The number of fused-ring (bicyclic) bond motifs is 5. The van der Waals surface area contributed by atoms with E-state index in [0.29, 0.717) is 29.8 Å². The molecule has 1 amide bonds. The van der Waals surface area contributed by atoms with E-state index in [4.69, 9.17) is 5.73 Å². The Balaban J connectivity index is 1.34. The molecule has 2 aliphatic carbocycles. The number of nitrogens with zero attached hydrogens (tertiary/aromatic N) is 2. The molecule has 150 valence electrons. The maximum absolute atomic E-state index is 12.8. The Morgan fingerprint density at radius 2 is 2.03 bits per heavy atom. The van der Waals surface area contributed by atoms with E-state index in [0.717, 1.165) is 28.9 Å². The van der Waals surface area contributed by atoms with Crippen LogP contribution in [0.2, 0.25) is 0 Å². The summed E-state index contributed by atoms with van der Waals surface area (Å²) >= 11 is 0. The Bertz CT molecular complexity index is 1160. The van der Waals surface area contributed by atoms with Crippen LogP contribution < -0.4 is 11.1 Å². The number of nitrogens with one attached hydrogen (secondary N) is 1. The van der Waals surface area contributed by atoms with Crippen molar-refractivity contribution in [3.8, 4) is 0 Å². The molecule has 5 nitrogen and oxygen atoms in total. The first-order valence-electron chi connectivity index (χ1n) is 10.3. The first-order chi connectivity index (χ1) is 14.5. The highest BCUT2D eigenvalue weighted by molar-refractivity contribution is 5.95. The van der Waals surface area contributed by atoms with Crippen molar-refractivity contribution < 1.29 is 4.79 Å². The Labute approximate surface area is 176 Å². The van der Waals surface area contributed by atoms with Crippen molar-refractivity contribution in [3.63, 3.8) is 0 Å². The van der Waals surface area contributed by atoms with Crippen LogP contribution in [0.1, 0.15) is 62.3 Å². The number of allylic oxidation sites excluding steroid dienone is 2. The van der Waals surface area contributed by atoms with Crippen LogP contribution in [0.15, 0.2) is 54.7 Å². The lowest BCUT2D eigenvalue weighted by molar-refractivity contribution is 0.0950. The number of pyridine rings is 2. The van der Waals surface area contributed by atoms with Gasteiger partial charge in [-0.3, -0.25) is 9.78 Å². The maximum atomic E-state index is 12.8. The number of anilines is 1. The molecular formula is C25H24N4O. The fourth-order valence-electron chi connectivity index (χ4n) is 4.87. The summed E-state index contributed by atoms with van der Waals surface area (Å²) in [6.45, 7) is 4.35. The number of nitrogen functional groups attached to an aromatic ring is 1. The van der Waals surface area contributed by atoms with Gasteiger partial charge >= 0.3 is 0 Å². The summed E-state index contributed by atoms with van der Waals surface area (Å²) in [5.74, 6) is 1.18. The third kappa shape index (κ3) is 3.07. The Morgan fingerprint density at radius 3 is 2.80 bits per heavy atom. The predicted molar refractivity (Wildman–Crippen MR) is 118 cm³/mol. The molecule has 2 bridgehead atoms. The number of benzene rings is 1. The number of carbonyl (C=O) groups excluding carboxylic acids is 1. The van der Waals surface area contributed by atoms with E-state index >= 15 is 0 Å². The Morgan fingerprint density at radius 1 is 1.17 bits per heavy atom. The number of hydrogen-bond acceptors (Lipinski definition) is 4. The van der Waals surface area contributed by atoms with Gasteiger partial charge in [-0.05, 0) is 78.4 Å². The van der Waals surface area contributed by atoms with Gasteiger partial charge in [-0.25, -0.2) is 4.98 Å². The van der Waals surface area contributed by atoms with Crippen molar-refractivity contribution in [3.05, 3.63) is 93.9 Å². The molecule has 0 aliphatic heterocycles. The van der Waals surface area contributed by atoms with Crippen LogP contribution in [0.25, 0.3) is 5.57 Å². The van der Waals surface area contributed by atoms with Gasteiger partial charge in [0, 0.05) is 35.8 Å². The molecule has 2 heterocycles. The second-order valence-electron chi connectivity index (χ2n) is 8.19. The molecule has 0 spiro atoms. The summed E-state index contributed by atoms with van der Waals surface area (Å²) in [6, 6.07) is 14.0. The van der Waals surface area contributed by atoms with Crippen molar-refractivity contribution in [2.45, 2.75) is 38.6 Å². The normalized spacial score (nSPS) is 18.8. The van der Waals surface area contributed by atoms with Crippen LogP contribution >= 0.6 is 0 Å². The summed E-state index contributed by atoms with van der Waals surface area (Å²) in [7, 11) is 0. The number of aryl methyl sites for hydroxylation is 2. The molecule has 1 aromatic carbocycles. The number of nitrogens with two attached hydrogens (primary N) is 1. The first kappa shape index (κ1) is 18.6. The summed E-state index contributed by atoms with van der Waals surface area (Å²) in [5.41, 5.74) is 14.4. The van der Waals surface area contributed by atoms with Crippen molar-refractivity contribution in [2.75, 3.05) is 5.73 Å². The molecule has 2 aromatic heterocycles. The topological polar surface area (TPSA) is 80.9 Å². The van der Waals surface area contributed by atoms with Gasteiger partial charge in [0.1, 0.15) is 5.82 Å². The zero-order valence-corrected chi connectivity index (χ0v) is 17.1. The molecule has 3 N–H and O–H groups in total. The van der Waals surface area contributed by atoms with Gasteiger partial charge in [0.05, 0.1) is 5.69 Å². The zero-order valence-electron chi connectivity index (χ0n) is 17.1. The average Bonchev–Trinajstić information content (AvgIpc) is 3.33. The lowest BCUT2D eigenvalue weighted by atomic mass is 9.88. The Kier molecular flexibility index (Phi) is 4.39. The quantitative estimate of drug-likeness (QED) is 0.690. The predicted octanol–water partition coefficient (Wildman–Crippen LogP) is 4.27. The van der Waals surface area contributed by atoms with Crippen molar-refractivity contribution >= 4 is 17.3 Å². The first-order valence-corrected chi connectivity index (χ1v) is 10.3. The summed E-state index contributed by atoms with van der Waals surface area (Å²) in [4.78, 5) is 21.6. The Hall–Kier alpha value is -3.47. The average molecular weight is 396 g/mol. The van der Waals surface area contributed by atoms with E-state index < -0.39 is 0 Å². The second kappa shape index (κ2) is 7.10. The fraction of sp³-hybridized carbons (Fsp3) is 0.240. The molecule has 0 radical (unpaired) electrons. The molecule has 0 saturated carbocycles. The number of carbonyl (C=O) groups is 1. The highest BCUT2D eigenvalue weighted by Crippen LogP contribution is 2.55. The number of rotatable bonds is 4. The monoisotopic (exact) mass is 396 g/mol. The standard InChI is InChI=1S/C25H24N4O/c1-14-9-24(26)29-15(2)22(14)13-28-25(30)16-6-7-18-19(10-16)17-11-20(18)21(12-17)23-5-3-4-8-27-23/h3-10,12,17,20H,11,13H2,1-2H3,(H2,26,29)(H,28,30). The van der Waals surface area contributed by atoms with Crippen molar-refractivity contribution in [1.29, 1.82) is 0 Å². The molecule has 2 aliphatic rings. The molecule has 2 atom stereocenters. The van der Waals surface area contributed by atoms with Crippen molar-refractivity contribution in [1.82, 2.24) is 15.3 Å². The third-order valence-electron chi connectivity index (χ3n) is 6.33. The van der Waals surface area contributed by atoms with Gasteiger partial charge < -0.3 is 11.1 Å². The molecule has 0 fully saturated rings. The zero-order chi connectivity index (χ0) is 20.8. The van der Waals surface area contributed by atoms with Gasteiger partial charge in [-0.1, -0.05) is 18.2 Å². The minimum Gasteiger partial charge on any atom is -0.384 e. The van der Waals surface area contributed by atoms with Gasteiger partial charge in [0.25, 0.3) is 5.91 Å². The number of amides is 1. The molecule has 0 saturated heterocycles. The SMILES string of the molecule is Cc1cc(N)nc(C)c1CNC(=O)c1ccc2c(c1)C1C=C(c3ccccn3)C2C1. The highest BCUT2D eigenvalue weighted by atomic mass is 16.1. The molecular weight excluding hydrogens is 372 g/mol. The van der Waals surface area contributed by atoms with E-state index in [1.807, 2.05) is 44.3 Å². The van der Waals surface area contributed by atoms with E-state index in [1.165, 1.54) is 16.7 Å². The van der Waals surface area contributed by atoms with E-state index in [2.05, 4.69) is 39.6 Å². The van der Waals surface area contributed by atoms with E-state index in [1.54, 1.807) is 0 Å². The van der Waals surface area contributed by atoms with Crippen LogP contribution in [0.5, 0.6) is 0 Å².